The van der Waals surface area contributed by atoms with Crippen molar-refractivity contribution in [1.29, 1.82) is 0 Å². The maximum absolute atomic E-state index is 6.47. The summed E-state index contributed by atoms with van der Waals surface area (Å²) in [5.41, 5.74) is 0.913. The molecule has 1 unspecified atom stereocenters. The molecule has 0 heterocycles. The third-order valence-electron chi connectivity index (χ3n) is 5.92. The number of unbranched alkanes of at least 4 members (excludes halogenated alkanes) is 9. The third kappa shape index (κ3) is 17.3. The van der Waals surface area contributed by atoms with Gasteiger partial charge < -0.3 is 20.6 Å². The van der Waals surface area contributed by atoms with Crippen molar-refractivity contribution >= 4 is 59.6 Å². The van der Waals surface area contributed by atoms with Crippen molar-refractivity contribution in [2.45, 2.75) is 115 Å². The minimum Gasteiger partial charge on any atom is -0.449 e. The molecule has 0 aliphatic heterocycles. The first kappa shape index (κ1) is 28.1. The van der Waals surface area contributed by atoms with E-state index in [1.165, 1.54) is 102 Å². The van der Waals surface area contributed by atoms with E-state index in [1.54, 1.807) is 0 Å². The van der Waals surface area contributed by atoms with Crippen LogP contribution >= 0.6 is 0 Å². The van der Waals surface area contributed by atoms with Crippen molar-refractivity contribution in [1.82, 2.24) is 0 Å². The Kier molecular flexibility index (Phi) is 21.6. The molecule has 174 valence electrons. The Bertz CT molecular complexity index is 340. The lowest BCUT2D eigenvalue weighted by Crippen LogP contribution is -2.30. The van der Waals surface area contributed by atoms with E-state index < -0.39 is 49.1 Å². The zero-order chi connectivity index (χ0) is 20.8. The second-order valence-corrected chi connectivity index (χ2v) is 20.5. The first-order chi connectivity index (χ1) is 14.4. The molecule has 0 aromatic heterocycles. The van der Waals surface area contributed by atoms with Gasteiger partial charge in [-0.15, -0.1) is 0 Å². The summed E-state index contributed by atoms with van der Waals surface area (Å²) in [5, 5.41) is 0. The number of hydrogen-bond acceptors (Lipinski definition) is 5. The summed E-state index contributed by atoms with van der Waals surface area (Å²) in [6, 6.07) is 1.38. The maximum Gasteiger partial charge on any atom is 0.286 e. The summed E-state index contributed by atoms with van der Waals surface area (Å²) in [6.07, 6.45) is 21.3. The molecule has 0 radical (unpaired) electrons. The van der Waals surface area contributed by atoms with Crippen LogP contribution in [0.1, 0.15) is 103 Å². The second-order valence-electron chi connectivity index (χ2n) is 8.45. The summed E-state index contributed by atoms with van der Waals surface area (Å²) in [7, 11) is -3.52. The molecule has 0 aromatic rings. The van der Waals surface area contributed by atoms with Gasteiger partial charge in [0.05, 0.1) is 0 Å². The largest absolute Gasteiger partial charge is 0.449 e. The van der Waals surface area contributed by atoms with E-state index in [4.69, 9.17) is 20.6 Å². The summed E-state index contributed by atoms with van der Waals surface area (Å²) in [5.74, 6) is 0. The zero-order valence-corrected chi connectivity index (χ0v) is 28.1. The fourth-order valence-electron chi connectivity index (χ4n) is 4.23. The average Bonchev–Trinajstić information content (AvgIpc) is 2.76. The monoisotopic (exact) mass is 512 g/mol. The Morgan fingerprint density at radius 1 is 0.724 bits per heavy atom. The fourth-order valence-corrected chi connectivity index (χ4v) is 16.4. The Balaban J connectivity index is 2.07. The topological polar surface area (TPSA) is 46.2 Å². The molecule has 1 fully saturated rings. The van der Waals surface area contributed by atoms with Crippen molar-refractivity contribution in [2.75, 3.05) is 0 Å². The minimum absolute atomic E-state index is 0.715. The van der Waals surface area contributed by atoms with Gasteiger partial charge in [-0.2, -0.15) is 0 Å². The van der Waals surface area contributed by atoms with E-state index in [2.05, 4.69) is 6.92 Å². The molecule has 1 aliphatic carbocycles. The van der Waals surface area contributed by atoms with Crippen LogP contribution in [0.25, 0.3) is 0 Å². The predicted molar refractivity (Wildman–Crippen MR) is 140 cm³/mol. The van der Waals surface area contributed by atoms with Crippen LogP contribution in [-0.4, -0.2) is 59.6 Å². The molecule has 11 heteroatoms. The van der Waals surface area contributed by atoms with Crippen LogP contribution in [0.4, 0.5) is 0 Å². The second kappa shape index (κ2) is 22.3. The molecular formula is C18H48O5Si6. The van der Waals surface area contributed by atoms with Crippen LogP contribution in [0.5, 0.6) is 0 Å². The molecule has 0 bridgehead atoms. The Labute approximate surface area is 194 Å². The molecule has 1 saturated carbocycles. The number of hydrogen-bond donors (Lipinski definition) is 0. The lowest BCUT2D eigenvalue weighted by atomic mass is 10.0. The normalized spacial score (nSPS) is 18.1. The highest BCUT2D eigenvalue weighted by Gasteiger charge is 2.25. The van der Waals surface area contributed by atoms with Gasteiger partial charge in [0.15, 0.2) is 9.04 Å². The van der Waals surface area contributed by atoms with Gasteiger partial charge in [-0.3, -0.25) is 0 Å². The molecule has 5 nitrogen and oxygen atoms in total. The van der Waals surface area contributed by atoms with E-state index in [9.17, 15) is 0 Å². The average molecular weight is 513 g/mol. The van der Waals surface area contributed by atoms with Crippen LogP contribution in [0.2, 0.25) is 11.6 Å². The van der Waals surface area contributed by atoms with Crippen molar-refractivity contribution in [2.24, 2.45) is 0 Å². The highest BCUT2D eigenvalue weighted by atomic mass is 28.4. The molecule has 29 heavy (non-hydrogen) atoms. The van der Waals surface area contributed by atoms with Crippen LogP contribution in [0.3, 0.4) is 0 Å². The van der Waals surface area contributed by atoms with Crippen molar-refractivity contribution in [3.05, 3.63) is 0 Å². The molecule has 0 saturated heterocycles. The lowest BCUT2D eigenvalue weighted by molar-refractivity contribution is 0.379. The van der Waals surface area contributed by atoms with Crippen LogP contribution in [-0.2, 0) is 20.6 Å². The quantitative estimate of drug-likeness (QED) is 0.171. The van der Waals surface area contributed by atoms with Crippen LogP contribution in [0.15, 0.2) is 0 Å². The molecule has 0 amide bonds. The van der Waals surface area contributed by atoms with E-state index in [0.717, 1.165) is 16.0 Å². The standard InChI is InChI=1S/C18H48O5Si6/c1-2-3-4-5-6-7-8-9-10-14-17-29(18-15-12-11-13-16-18)23-28-22-27-21-26-20-25-19-24/h18,29H,2-17,25-28H2,1,24H3. The predicted octanol–water partition coefficient (Wildman–Crippen LogP) is 1.32. The molecule has 0 spiro atoms. The van der Waals surface area contributed by atoms with Crippen LogP contribution in [0, 0.1) is 0 Å². The first-order valence-electron chi connectivity index (χ1n) is 12.2. The lowest BCUT2D eigenvalue weighted by Gasteiger charge is -2.29. The van der Waals surface area contributed by atoms with E-state index in [1.807, 2.05) is 0 Å². The first-order valence-corrected chi connectivity index (χ1v) is 19.6. The Morgan fingerprint density at radius 3 is 1.90 bits per heavy atom. The summed E-state index contributed by atoms with van der Waals surface area (Å²) >= 11 is 0. The summed E-state index contributed by atoms with van der Waals surface area (Å²) in [4.78, 5) is 0. The van der Waals surface area contributed by atoms with Crippen molar-refractivity contribution in [3.63, 3.8) is 0 Å². The fraction of sp³-hybridized carbons (Fsp3) is 1.00. The number of rotatable bonds is 21. The molecule has 0 N–H and O–H groups in total. The van der Waals surface area contributed by atoms with Gasteiger partial charge in [0.1, 0.15) is 10.5 Å². The van der Waals surface area contributed by atoms with Gasteiger partial charge in [-0.05, 0) is 11.6 Å². The third-order valence-corrected chi connectivity index (χ3v) is 15.8. The highest BCUT2D eigenvalue weighted by Crippen LogP contribution is 2.33. The Morgan fingerprint density at radius 2 is 1.28 bits per heavy atom. The molecular weight excluding hydrogens is 465 g/mol. The smallest absolute Gasteiger partial charge is 0.286 e. The van der Waals surface area contributed by atoms with E-state index in [-0.39, 0.29) is 0 Å². The van der Waals surface area contributed by atoms with Gasteiger partial charge in [-0.25, -0.2) is 0 Å². The molecule has 1 aliphatic rings. The zero-order valence-electron chi connectivity index (χ0n) is 19.3. The van der Waals surface area contributed by atoms with Gasteiger partial charge >= 0.3 is 0 Å². The Hall–Kier alpha value is 1.10. The summed E-state index contributed by atoms with van der Waals surface area (Å²) < 4.78 is 28.5. The van der Waals surface area contributed by atoms with Gasteiger partial charge in [0.2, 0.25) is 0 Å². The maximum atomic E-state index is 6.47. The van der Waals surface area contributed by atoms with Gasteiger partial charge in [0.25, 0.3) is 40.0 Å². The molecule has 1 rings (SSSR count). The van der Waals surface area contributed by atoms with Crippen molar-refractivity contribution < 1.29 is 20.6 Å². The molecule has 1 atom stereocenters. The van der Waals surface area contributed by atoms with Crippen LogP contribution < -0.4 is 0 Å². The van der Waals surface area contributed by atoms with Gasteiger partial charge in [0, 0.05) is 0 Å². The highest BCUT2D eigenvalue weighted by molar-refractivity contribution is 6.60. The minimum atomic E-state index is -1.09. The van der Waals surface area contributed by atoms with E-state index in [0.29, 0.717) is 0 Å². The van der Waals surface area contributed by atoms with E-state index >= 15 is 0 Å². The van der Waals surface area contributed by atoms with Gasteiger partial charge in [-0.1, -0.05) is 103 Å². The molecule has 0 aromatic carbocycles. The van der Waals surface area contributed by atoms with Crippen molar-refractivity contribution in [3.8, 4) is 0 Å². The SMILES string of the molecule is CCCCCCCCCCCC[SiH](O[SiH2]O[SiH2]O[SiH2]O[SiH2]O[SiH3])C1CCCCC1. The summed E-state index contributed by atoms with van der Waals surface area (Å²) in [6.45, 7) is 2.29.